The van der Waals surface area contributed by atoms with Gasteiger partial charge < -0.3 is 10.2 Å². The summed E-state index contributed by atoms with van der Waals surface area (Å²) < 4.78 is 0. The average molecular weight is 483 g/mol. The zero-order valence-electron chi connectivity index (χ0n) is 20.0. The molecular weight excluding hydrogens is 452 g/mol. The van der Waals surface area contributed by atoms with E-state index in [0.29, 0.717) is 17.0 Å². The molecule has 0 aromatic heterocycles. The van der Waals surface area contributed by atoms with E-state index in [4.69, 9.17) is 0 Å². The number of aryl methyl sites for hydroxylation is 1. The fourth-order valence-corrected chi connectivity index (χ4v) is 5.83. The Morgan fingerprint density at radius 2 is 1.69 bits per heavy atom. The van der Waals surface area contributed by atoms with Crippen LogP contribution in [0.4, 0.5) is 5.69 Å². The minimum Gasteiger partial charge on any atom is -0.349 e. The Balaban J connectivity index is 1.36. The van der Waals surface area contributed by atoms with Crippen molar-refractivity contribution in [2.75, 3.05) is 4.90 Å². The van der Waals surface area contributed by atoms with E-state index in [0.717, 1.165) is 34.6 Å². The van der Waals surface area contributed by atoms with Crippen LogP contribution in [0.3, 0.4) is 0 Å². The van der Waals surface area contributed by atoms with Crippen molar-refractivity contribution < 1.29 is 9.59 Å². The van der Waals surface area contributed by atoms with Gasteiger partial charge >= 0.3 is 0 Å². The Morgan fingerprint density at radius 3 is 2.46 bits per heavy atom. The van der Waals surface area contributed by atoms with Gasteiger partial charge in [0.25, 0.3) is 11.8 Å². The molecule has 3 aromatic rings. The van der Waals surface area contributed by atoms with Crippen molar-refractivity contribution in [1.82, 2.24) is 5.32 Å². The van der Waals surface area contributed by atoms with Crippen molar-refractivity contribution in [3.8, 4) is 0 Å². The maximum absolute atomic E-state index is 13.6. The highest BCUT2D eigenvalue weighted by molar-refractivity contribution is 8.04. The van der Waals surface area contributed by atoms with E-state index in [1.54, 1.807) is 0 Å². The lowest BCUT2D eigenvalue weighted by atomic mass is 9.95. The SMILES string of the molecule is Cc1ccccc1CN1C(=O)/C(=C\c2ccc(C(=O)NC3CCCCC3)cc2)Sc2ccccc21. The number of hydrogen-bond donors (Lipinski definition) is 1. The molecule has 0 saturated heterocycles. The maximum Gasteiger partial charge on any atom is 0.265 e. The Morgan fingerprint density at radius 1 is 0.971 bits per heavy atom. The van der Waals surface area contributed by atoms with Gasteiger partial charge in [-0.3, -0.25) is 9.59 Å². The Labute approximate surface area is 211 Å². The van der Waals surface area contributed by atoms with Crippen LogP contribution in [0, 0.1) is 6.92 Å². The van der Waals surface area contributed by atoms with E-state index in [1.807, 2.05) is 65.6 Å². The molecule has 0 spiro atoms. The predicted molar refractivity (Wildman–Crippen MR) is 143 cm³/mol. The van der Waals surface area contributed by atoms with E-state index in [-0.39, 0.29) is 17.9 Å². The molecule has 1 aliphatic heterocycles. The third-order valence-corrected chi connectivity index (χ3v) is 7.91. The highest BCUT2D eigenvalue weighted by atomic mass is 32.2. The van der Waals surface area contributed by atoms with Crippen molar-refractivity contribution in [3.63, 3.8) is 0 Å². The zero-order chi connectivity index (χ0) is 24.2. The van der Waals surface area contributed by atoms with Crippen LogP contribution in [-0.4, -0.2) is 17.9 Å². The first-order chi connectivity index (χ1) is 17.1. The summed E-state index contributed by atoms with van der Waals surface area (Å²) in [6.45, 7) is 2.60. The van der Waals surface area contributed by atoms with Crippen LogP contribution in [-0.2, 0) is 11.3 Å². The van der Waals surface area contributed by atoms with E-state index in [2.05, 4.69) is 30.4 Å². The second kappa shape index (κ2) is 10.5. The van der Waals surface area contributed by atoms with E-state index in [1.165, 1.54) is 36.6 Å². The standard InChI is InChI=1S/C30H30N2O2S/c1-21-9-5-6-10-24(21)20-32-26-13-7-8-14-27(26)35-28(30(32)34)19-22-15-17-23(18-16-22)29(33)31-25-11-3-2-4-12-25/h5-10,13-19,25H,2-4,11-12,20H2,1H3,(H,31,33)/b28-19+. The van der Waals surface area contributed by atoms with Crippen LogP contribution in [0.2, 0.25) is 0 Å². The van der Waals surface area contributed by atoms with Crippen molar-refractivity contribution in [2.24, 2.45) is 0 Å². The van der Waals surface area contributed by atoms with Gasteiger partial charge in [-0.2, -0.15) is 0 Å². The van der Waals surface area contributed by atoms with Gasteiger partial charge in [-0.15, -0.1) is 0 Å². The van der Waals surface area contributed by atoms with Crippen LogP contribution >= 0.6 is 11.8 Å². The Kier molecular flexibility index (Phi) is 7.05. The Hall–Kier alpha value is -3.31. The molecule has 2 amide bonds. The van der Waals surface area contributed by atoms with Gasteiger partial charge in [-0.1, -0.05) is 79.6 Å². The first-order valence-corrected chi connectivity index (χ1v) is 13.2. The number of rotatable bonds is 5. The van der Waals surface area contributed by atoms with Gasteiger partial charge in [-0.25, -0.2) is 0 Å². The number of nitrogens with one attached hydrogen (secondary N) is 1. The van der Waals surface area contributed by atoms with Crippen molar-refractivity contribution in [1.29, 1.82) is 0 Å². The smallest absolute Gasteiger partial charge is 0.265 e. The number of nitrogens with zero attached hydrogens (tertiary/aromatic N) is 1. The van der Waals surface area contributed by atoms with Crippen LogP contribution in [0.1, 0.15) is 59.2 Å². The van der Waals surface area contributed by atoms with E-state index < -0.39 is 0 Å². The normalized spacial score (nSPS) is 17.3. The summed E-state index contributed by atoms with van der Waals surface area (Å²) in [5.41, 5.74) is 4.81. The molecule has 4 nitrogen and oxygen atoms in total. The van der Waals surface area contributed by atoms with Gasteiger partial charge in [0.2, 0.25) is 0 Å². The quantitative estimate of drug-likeness (QED) is 0.410. The average Bonchev–Trinajstić information content (AvgIpc) is 2.88. The summed E-state index contributed by atoms with van der Waals surface area (Å²) in [4.78, 5) is 29.8. The molecule has 1 fully saturated rings. The molecule has 35 heavy (non-hydrogen) atoms. The number of fused-ring (bicyclic) bond motifs is 1. The highest BCUT2D eigenvalue weighted by Crippen LogP contribution is 2.42. The number of hydrogen-bond acceptors (Lipinski definition) is 3. The van der Waals surface area contributed by atoms with Gasteiger partial charge in [0.05, 0.1) is 17.1 Å². The van der Waals surface area contributed by atoms with Crippen molar-refractivity contribution in [3.05, 3.63) is 100.0 Å². The summed E-state index contributed by atoms with van der Waals surface area (Å²) >= 11 is 1.50. The van der Waals surface area contributed by atoms with Gasteiger partial charge in [0.15, 0.2) is 0 Å². The summed E-state index contributed by atoms with van der Waals surface area (Å²) in [7, 11) is 0. The number of thioether (sulfide) groups is 1. The molecular formula is C30H30N2O2S. The molecule has 0 bridgehead atoms. The van der Waals surface area contributed by atoms with Crippen LogP contribution in [0.5, 0.6) is 0 Å². The van der Waals surface area contributed by atoms with Crippen molar-refractivity contribution >= 4 is 35.3 Å². The Bertz CT molecular complexity index is 1260. The van der Waals surface area contributed by atoms with Crippen LogP contribution < -0.4 is 10.2 Å². The molecule has 1 aliphatic carbocycles. The van der Waals surface area contributed by atoms with Gasteiger partial charge in [0.1, 0.15) is 0 Å². The first kappa shape index (κ1) is 23.4. The van der Waals surface area contributed by atoms with Crippen LogP contribution in [0.25, 0.3) is 6.08 Å². The summed E-state index contributed by atoms with van der Waals surface area (Å²) in [6, 6.07) is 24.1. The van der Waals surface area contributed by atoms with Gasteiger partial charge in [-0.05, 0) is 66.8 Å². The largest absolute Gasteiger partial charge is 0.349 e. The molecule has 2 aliphatic rings. The summed E-state index contributed by atoms with van der Waals surface area (Å²) in [5, 5.41) is 3.17. The first-order valence-electron chi connectivity index (χ1n) is 12.3. The molecule has 1 saturated carbocycles. The molecule has 3 aromatic carbocycles. The minimum absolute atomic E-state index is 0.00364. The topological polar surface area (TPSA) is 49.4 Å². The highest BCUT2D eigenvalue weighted by Gasteiger charge is 2.29. The molecule has 0 radical (unpaired) electrons. The number of anilines is 1. The zero-order valence-corrected chi connectivity index (χ0v) is 20.8. The molecule has 1 N–H and O–H groups in total. The van der Waals surface area contributed by atoms with E-state index >= 15 is 0 Å². The number of benzene rings is 3. The lowest BCUT2D eigenvalue weighted by Gasteiger charge is -2.31. The van der Waals surface area contributed by atoms with Gasteiger partial charge in [0, 0.05) is 16.5 Å². The van der Waals surface area contributed by atoms with E-state index in [9.17, 15) is 9.59 Å². The number of amides is 2. The third-order valence-electron chi connectivity index (χ3n) is 6.83. The molecule has 0 unspecified atom stereocenters. The molecule has 5 rings (SSSR count). The summed E-state index contributed by atoms with van der Waals surface area (Å²) in [5.74, 6) is -0.0198. The number of carbonyl (C=O) groups excluding carboxylic acids is 2. The second-order valence-corrected chi connectivity index (χ2v) is 10.4. The lowest BCUT2D eigenvalue weighted by Crippen LogP contribution is -2.36. The molecule has 5 heteroatoms. The van der Waals surface area contributed by atoms with Crippen LogP contribution in [0.15, 0.2) is 82.6 Å². The molecule has 178 valence electrons. The molecule has 1 heterocycles. The number of carbonyl (C=O) groups is 2. The summed E-state index contributed by atoms with van der Waals surface area (Å²) in [6.07, 6.45) is 7.70. The monoisotopic (exact) mass is 482 g/mol. The fraction of sp³-hybridized carbons (Fsp3) is 0.267. The molecule has 0 atom stereocenters. The predicted octanol–water partition coefficient (Wildman–Crippen LogP) is 6.74. The lowest BCUT2D eigenvalue weighted by molar-refractivity contribution is -0.114. The minimum atomic E-state index is -0.0162. The second-order valence-electron chi connectivity index (χ2n) is 9.33. The number of para-hydroxylation sites is 1. The van der Waals surface area contributed by atoms with Crippen molar-refractivity contribution in [2.45, 2.75) is 56.5 Å². The fourth-order valence-electron chi connectivity index (χ4n) is 4.77. The third kappa shape index (κ3) is 5.35. The maximum atomic E-state index is 13.6.